The Hall–Kier alpha value is -2.58. The molecule has 2 aromatic carbocycles. The molecule has 0 spiro atoms. The van der Waals surface area contributed by atoms with Crippen molar-refractivity contribution in [3.8, 4) is 6.07 Å². The number of carbonyl (C=O) groups excluding carboxylic acids is 1. The number of hydrogen-bond donors (Lipinski definition) is 1. The van der Waals surface area contributed by atoms with Gasteiger partial charge in [-0.2, -0.15) is 0 Å². The predicted molar refractivity (Wildman–Crippen MR) is 130 cm³/mol. The fraction of sp³-hybridized carbons (Fsp3) is 0.407. The normalized spacial score (nSPS) is 25.2. The Bertz CT molecular complexity index is 1190. The van der Waals surface area contributed by atoms with Gasteiger partial charge in [0, 0.05) is 0 Å². The van der Waals surface area contributed by atoms with E-state index < -0.39 is 0 Å². The molecule has 2 heterocycles. The molecule has 170 valence electrons. The van der Waals surface area contributed by atoms with Gasteiger partial charge in [-0.15, -0.1) is 0 Å². The van der Waals surface area contributed by atoms with Crippen LogP contribution in [0.15, 0.2) is 54.6 Å². The molecule has 5 rings (SSSR count). The number of esters is 1. The molecule has 0 radical (unpaired) electrons. The Morgan fingerprint density at radius 1 is 1.24 bits per heavy atom. The van der Waals surface area contributed by atoms with Crippen LogP contribution < -0.4 is 4.46 Å². The number of rotatable bonds is 6. The van der Waals surface area contributed by atoms with E-state index in [1.54, 1.807) is 0 Å². The van der Waals surface area contributed by atoms with Crippen molar-refractivity contribution in [2.45, 2.75) is 36.5 Å². The number of para-hydroxylation sites is 1. The van der Waals surface area contributed by atoms with Crippen molar-refractivity contribution in [1.29, 1.82) is 5.26 Å². The molecule has 3 aromatic rings. The van der Waals surface area contributed by atoms with E-state index in [0.717, 1.165) is 48.1 Å². The van der Waals surface area contributed by atoms with Gasteiger partial charge in [0.25, 0.3) is 0 Å². The van der Waals surface area contributed by atoms with Gasteiger partial charge in [0.05, 0.1) is 0 Å². The molecule has 5 atom stereocenters. The van der Waals surface area contributed by atoms with Gasteiger partial charge in [-0.1, -0.05) is 0 Å². The van der Waals surface area contributed by atoms with E-state index in [4.69, 9.17) is 4.74 Å². The van der Waals surface area contributed by atoms with Crippen molar-refractivity contribution >= 4 is 36.3 Å². The van der Waals surface area contributed by atoms with Gasteiger partial charge >= 0.3 is 201 Å². The number of hydrogen-bond acceptors (Lipinski definition) is 4. The number of methoxy groups -OCH3 is 1. The first-order chi connectivity index (χ1) is 16.1. The van der Waals surface area contributed by atoms with Crippen LogP contribution in [0.4, 0.5) is 0 Å². The summed E-state index contributed by atoms with van der Waals surface area (Å²) in [5.74, 6) is 0.301. The summed E-state index contributed by atoms with van der Waals surface area (Å²) in [7, 11) is 1.50. The molecule has 33 heavy (non-hydrogen) atoms. The van der Waals surface area contributed by atoms with E-state index in [0.29, 0.717) is 5.92 Å². The Kier molecular flexibility index (Phi) is 6.29. The van der Waals surface area contributed by atoms with Crippen molar-refractivity contribution in [2.75, 3.05) is 20.2 Å². The van der Waals surface area contributed by atoms with Crippen molar-refractivity contribution < 1.29 is 9.53 Å². The van der Waals surface area contributed by atoms with Gasteiger partial charge < -0.3 is 0 Å². The second kappa shape index (κ2) is 9.35. The molecule has 0 amide bonds. The number of ether oxygens (including phenoxy) is 1. The third kappa shape index (κ3) is 3.99. The molecule has 2 aliphatic rings. The van der Waals surface area contributed by atoms with Crippen LogP contribution >= 0.6 is 0 Å². The second-order valence-corrected chi connectivity index (χ2v) is 11.8. The second-order valence-electron chi connectivity index (χ2n) is 9.08. The average Bonchev–Trinajstić information content (AvgIpc) is 3.24. The molecule has 1 N–H and O–H groups in total. The number of nitriles is 1. The molecule has 1 aliphatic carbocycles. The summed E-state index contributed by atoms with van der Waals surface area (Å²) in [6.45, 7) is 3.89. The van der Waals surface area contributed by atoms with Crippen LogP contribution in [0.2, 0.25) is 4.82 Å². The van der Waals surface area contributed by atoms with Crippen LogP contribution in [-0.2, 0) is 9.53 Å². The number of piperidine rings is 1. The third-order valence-electron chi connectivity index (χ3n) is 7.41. The molecule has 1 saturated heterocycles. The zero-order valence-electron chi connectivity index (χ0n) is 19.0. The molecule has 1 aromatic heterocycles. The van der Waals surface area contributed by atoms with Crippen LogP contribution in [0.5, 0.6) is 0 Å². The summed E-state index contributed by atoms with van der Waals surface area (Å²) >= 11 is 0.0983. The average molecular weight is 507 g/mol. The zero-order valence-corrected chi connectivity index (χ0v) is 20.7. The molecule has 2 bridgehead atoms. The third-order valence-corrected chi connectivity index (χ3v) is 9.68. The number of aromatic nitrogens is 1. The minimum absolute atomic E-state index is 0.0138. The summed E-state index contributed by atoms with van der Waals surface area (Å²) in [5, 5.41) is 11.1. The van der Waals surface area contributed by atoms with Crippen LogP contribution in [0, 0.1) is 23.2 Å². The molecular formula is C27H29N3O2Se. The van der Waals surface area contributed by atoms with Gasteiger partial charge in [0.2, 0.25) is 0 Å². The zero-order chi connectivity index (χ0) is 22.9. The molecule has 6 heteroatoms. The minimum atomic E-state index is -0.232. The van der Waals surface area contributed by atoms with Crippen LogP contribution in [0.25, 0.3) is 10.9 Å². The molecular weight excluding hydrogens is 477 g/mol. The van der Waals surface area contributed by atoms with Crippen molar-refractivity contribution in [3.63, 3.8) is 0 Å². The number of carbonyl (C=O) groups is 1. The Balaban J connectivity index is 1.53. The summed E-state index contributed by atoms with van der Waals surface area (Å²) in [6.07, 6.45) is 1.94. The molecule has 1 fully saturated rings. The molecule has 1 unspecified atom stereocenters. The van der Waals surface area contributed by atoms with E-state index in [1.807, 2.05) is 18.2 Å². The van der Waals surface area contributed by atoms with Gasteiger partial charge in [0.1, 0.15) is 0 Å². The number of H-pyrrole nitrogens is 1. The van der Waals surface area contributed by atoms with E-state index in [2.05, 4.69) is 59.3 Å². The summed E-state index contributed by atoms with van der Waals surface area (Å²) in [6, 6.07) is 21.4. The summed E-state index contributed by atoms with van der Waals surface area (Å²) < 4.78 is 6.58. The fourth-order valence-electron chi connectivity index (χ4n) is 5.90. The number of nitrogens with one attached hydrogen (secondary N) is 1. The number of likely N-dealkylation sites (tertiary alicyclic amines) is 1. The van der Waals surface area contributed by atoms with Crippen LogP contribution in [-0.4, -0.2) is 51.0 Å². The first kappa shape index (κ1) is 22.2. The first-order valence-corrected chi connectivity index (χ1v) is 13.5. The number of fused-ring (bicyclic) bond motifs is 6. The maximum absolute atomic E-state index is 13.1. The maximum atomic E-state index is 13.1. The van der Waals surface area contributed by atoms with Crippen molar-refractivity contribution in [2.24, 2.45) is 11.8 Å². The SMILES string of the molecule is CC[C@H]1CN(CC(C#N)[Se]c2ccccc2)[C@@H]2C[C@H]1[C@@H](C(=O)OC)c1c2[nH]c2ccccc12. The van der Waals surface area contributed by atoms with Gasteiger partial charge in [-0.3, -0.25) is 0 Å². The molecule has 1 aliphatic heterocycles. The molecule has 0 saturated carbocycles. The number of benzene rings is 2. The van der Waals surface area contributed by atoms with E-state index >= 15 is 0 Å². The summed E-state index contributed by atoms with van der Waals surface area (Å²) in [4.78, 5) is 19.2. The van der Waals surface area contributed by atoms with Gasteiger partial charge in [0.15, 0.2) is 0 Å². The van der Waals surface area contributed by atoms with Crippen molar-refractivity contribution in [3.05, 3.63) is 65.9 Å². The number of aromatic amines is 1. The Morgan fingerprint density at radius 3 is 2.73 bits per heavy atom. The quantitative estimate of drug-likeness (QED) is 0.403. The predicted octanol–water partition coefficient (Wildman–Crippen LogP) is 4.17. The van der Waals surface area contributed by atoms with Crippen LogP contribution in [0.1, 0.15) is 43.0 Å². The Morgan fingerprint density at radius 2 is 2.00 bits per heavy atom. The number of nitrogens with zero attached hydrogens (tertiary/aromatic N) is 2. The monoisotopic (exact) mass is 507 g/mol. The van der Waals surface area contributed by atoms with E-state index in [-0.39, 0.29) is 43.6 Å². The van der Waals surface area contributed by atoms with Gasteiger partial charge in [-0.25, -0.2) is 0 Å². The first-order valence-electron chi connectivity index (χ1n) is 11.7. The van der Waals surface area contributed by atoms with Crippen molar-refractivity contribution in [1.82, 2.24) is 9.88 Å². The fourth-order valence-corrected chi connectivity index (χ4v) is 7.92. The van der Waals surface area contributed by atoms with E-state index in [1.165, 1.54) is 11.6 Å². The topological polar surface area (TPSA) is 69.1 Å². The van der Waals surface area contributed by atoms with E-state index in [9.17, 15) is 10.1 Å². The molecule has 5 nitrogen and oxygen atoms in total. The van der Waals surface area contributed by atoms with Gasteiger partial charge in [-0.05, 0) is 0 Å². The Labute approximate surface area is 201 Å². The van der Waals surface area contributed by atoms with Crippen LogP contribution in [0.3, 0.4) is 0 Å². The standard InChI is InChI=1S/C27H29N3O2Se/c1-3-17-15-30(16-19(14-28)33-18-9-5-4-6-10-18)23-13-21(17)25(27(31)32-2)24-20-11-7-8-12-22(20)29-26(23)24/h4-12,17,19,21,23,25,29H,3,13,15-16H2,1-2H3/t17-,19?,21+,23+,25+/m0/s1. The summed E-state index contributed by atoms with van der Waals surface area (Å²) in [5.41, 5.74) is 3.33.